The summed E-state index contributed by atoms with van der Waals surface area (Å²) in [7, 11) is 1.53. The molecule has 136 valence electrons. The number of thiazole rings is 1. The van der Waals surface area contributed by atoms with E-state index in [2.05, 4.69) is 20.6 Å². The molecule has 0 unspecified atom stereocenters. The topological polar surface area (TPSA) is 49.3 Å². The van der Waals surface area contributed by atoms with Gasteiger partial charge in [0.1, 0.15) is 5.82 Å². The minimum Gasteiger partial charge on any atom is -0.356 e. The second kappa shape index (κ2) is 8.28. The first-order valence-corrected chi connectivity index (χ1v) is 8.38. The van der Waals surface area contributed by atoms with Crippen molar-refractivity contribution in [2.75, 3.05) is 13.6 Å². The number of benzene rings is 1. The van der Waals surface area contributed by atoms with Gasteiger partial charge in [-0.15, -0.1) is 11.3 Å². The summed E-state index contributed by atoms with van der Waals surface area (Å²) in [5, 5.41) is 8.76. The van der Waals surface area contributed by atoms with Crippen molar-refractivity contribution in [2.24, 2.45) is 4.99 Å². The van der Waals surface area contributed by atoms with Gasteiger partial charge in [0, 0.05) is 31.9 Å². The molecule has 0 amide bonds. The highest BCUT2D eigenvalue weighted by atomic mass is 32.1. The van der Waals surface area contributed by atoms with Gasteiger partial charge < -0.3 is 10.6 Å². The van der Waals surface area contributed by atoms with Crippen molar-refractivity contribution in [1.82, 2.24) is 15.6 Å². The maximum absolute atomic E-state index is 13.1. The molecule has 0 aliphatic carbocycles. The highest BCUT2D eigenvalue weighted by Gasteiger charge is 2.33. The van der Waals surface area contributed by atoms with Crippen LogP contribution in [0.15, 0.2) is 28.6 Å². The number of aromatic nitrogens is 1. The van der Waals surface area contributed by atoms with Crippen molar-refractivity contribution in [2.45, 2.75) is 26.1 Å². The van der Waals surface area contributed by atoms with Crippen LogP contribution in [0.1, 0.15) is 21.8 Å². The first-order chi connectivity index (χ1) is 11.8. The Morgan fingerprint density at radius 3 is 2.64 bits per heavy atom. The smallest absolute Gasteiger partial charge is 0.356 e. The highest BCUT2D eigenvalue weighted by molar-refractivity contribution is 7.09. The van der Waals surface area contributed by atoms with Crippen molar-refractivity contribution in [3.8, 4) is 0 Å². The summed E-state index contributed by atoms with van der Waals surface area (Å²) in [5.74, 6) is -0.554. The molecule has 0 spiro atoms. The van der Waals surface area contributed by atoms with E-state index in [9.17, 15) is 17.6 Å². The van der Waals surface area contributed by atoms with Gasteiger partial charge in [-0.05, 0) is 24.6 Å². The first kappa shape index (κ1) is 19.2. The number of guanidine groups is 1. The zero-order chi connectivity index (χ0) is 18.4. The zero-order valence-electron chi connectivity index (χ0n) is 13.7. The quantitative estimate of drug-likeness (QED) is 0.478. The van der Waals surface area contributed by atoms with Gasteiger partial charge in [-0.2, -0.15) is 13.2 Å². The van der Waals surface area contributed by atoms with E-state index in [1.807, 2.05) is 12.3 Å². The van der Waals surface area contributed by atoms with E-state index in [0.717, 1.165) is 22.8 Å². The van der Waals surface area contributed by atoms with Crippen LogP contribution in [-0.4, -0.2) is 24.5 Å². The minimum atomic E-state index is -4.61. The van der Waals surface area contributed by atoms with Gasteiger partial charge in [-0.3, -0.25) is 4.99 Å². The lowest BCUT2D eigenvalue weighted by Gasteiger charge is -2.15. The van der Waals surface area contributed by atoms with Gasteiger partial charge >= 0.3 is 6.18 Å². The van der Waals surface area contributed by atoms with E-state index >= 15 is 0 Å². The molecule has 0 aliphatic rings. The van der Waals surface area contributed by atoms with Crippen LogP contribution in [0.4, 0.5) is 17.6 Å². The average molecular weight is 374 g/mol. The number of aliphatic imine (C=N–C) groups is 1. The Morgan fingerprint density at radius 1 is 1.28 bits per heavy atom. The van der Waals surface area contributed by atoms with E-state index in [4.69, 9.17) is 0 Å². The Morgan fingerprint density at radius 2 is 2.04 bits per heavy atom. The molecule has 9 heteroatoms. The number of alkyl halides is 3. The standard InChI is InChI=1S/C16H18F4N4S/c1-10-24-13(9-25-10)5-6-22-15(21-2)23-8-11-3-4-12(17)7-14(11)16(18,19)20/h3-4,7,9H,5-6,8H2,1-2H3,(H2,21,22,23). The lowest BCUT2D eigenvalue weighted by Crippen LogP contribution is -2.38. The second-order valence-electron chi connectivity index (χ2n) is 5.26. The molecular weight excluding hydrogens is 356 g/mol. The lowest BCUT2D eigenvalue weighted by molar-refractivity contribution is -0.138. The molecule has 0 fully saturated rings. The number of rotatable bonds is 5. The number of nitrogens with one attached hydrogen (secondary N) is 2. The van der Waals surface area contributed by atoms with Crippen LogP contribution in [0, 0.1) is 12.7 Å². The molecule has 4 nitrogen and oxygen atoms in total. The fourth-order valence-corrected chi connectivity index (χ4v) is 2.85. The minimum absolute atomic E-state index is 0.0491. The molecular formula is C16H18F4N4S. The summed E-state index contributed by atoms with van der Waals surface area (Å²) >= 11 is 1.56. The fourth-order valence-electron chi connectivity index (χ4n) is 2.20. The summed E-state index contributed by atoms with van der Waals surface area (Å²) in [5.41, 5.74) is -0.0938. The van der Waals surface area contributed by atoms with Crippen LogP contribution in [0.5, 0.6) is 0 Å². The molecule has 0 saturated heterocycles. The lowest BCUT2D eigenvalue weighted by atomic mass is 10.1. The molecule has 2 N–H and O–H groups in total. The third-order valence-corrected chi connectivity index (χ3v) is 4.21. The molecule has 0 radical (unpaired) electrons. The number of halogens is 4. The van der Waals surface area contributed by atoms with Crippen molar-refractivity contribution in [1.29, 1.82) is 0 Å². The van der Waals surface area contributed by atoms with Crippen LogP contribution < -0.4 is 10.6 Å². The predicted molar refractivity (Wildman–Crippen MR) is 90.2 cm³/mol. The largest absolute Gasteiger partial charge is 0.416 e. The Bertz CT molecular complexity index is 740. The molecule has 1 aromatic heterocycles. The Balaban J connectivity index is 1.92. The monoisotopic (exact) mass is 374 g/mol. The molecule has 2 rings (SSSR count). The Kier molecular flexibility index (Phi) is 6.35. The summed E-state index contributed by atoms with van der Waals surface area (Å²) in [6, 6.07) is 2.63. The van der Waals surface area contributed by atoms with Crippen molar-refractivity contribution >= 4 is 17.3 Å². The predicted octanol–water partition coefficient (Wildman–Crippen LogP) is 3.52. The number of hydrogen-bond donors (Lipinski definition) is 2. The van der Waals surface area contributed by atoms with Crippen molar-refractivity contribution in [3.63, 3.8) is 0 Å². The van der Waals surface area contributed by atoms with Crippen LogP contribution in [0.25, 0.3) is 0 Å². The van der Waals surface area contributed by atoms with E-state index < -0.39 is 17.6 Å². The summed E-state index contributed by atoms with van der Waals surface area (Å²) in [6.07, 6.45) is -3.94. The SMILES string of the molecule is CN=C(NCCc1csc(C)n1)NCc1ccc(F)cc1C(F)(F)F. The van der Waals surface area contributed by atoms with E-state index in [-0.39, 0.29) is 12.1 Å². The Hall–Kier alpha value is -2.16. The van der Waals surface area contributed by atoms with Crippen molar-refractivity contribution < 1.29 is 17.6 Å². The molecule has 0 aliphatic heterocycles. The van der Waals surface area contributed by atoms with Crippen LogP contribution in [-0.2, 0) is 19.1 Å². The van der Waals surface area contributed by atoms with Gasteiger partial charge in [0.15, 0.2) is 5.96 Å². The average Bonchev–Trinajstić information content (AvgIpc) is 2.96. The van der Waals surface area contributed by atoms with Crippen LogP contribution in [0.3, 0.4) is 0 Å². The Labute approximate surface area is 147 Å². The normalized spacial score (nSPS) is 12.3. The highest BCUT2D eigenvalue weighted by Crippen LogP contribution is 2.32. The van der Waals surface area contributed by atoms with Crippen molar-refractivity contribution in [3.05, 3.63) is 51.2 Å². The molecule has 0 saturated carbocycles. The number of aryl methyl sites for hydroxylation is 1. The zero-order valence-corrected chi connectivity index (χ0v) is 14.6. The third kappa shape index (κ3) is 5.70. The first-order valence-electron chi connectivity index (χ1n) is 7.50. The van der Waals surface area contributed by atoms with Gasteiger partial charge in [0.2, 0.25) is 0 Å². The maximum atomic E-state index is 13.1. The molecule has 0 bridgehead atoms. The van der Waals surface area contributed by atoms with E-state index in [0.29, 0.717) is 25.0 Å². The maximum Gasteiger partial charge on any atom is 0.416 e. The van der Waals surface area contributed by atoms with E-state index in [1.54, 1.807) is 11.3 Å². The van der Waals surface area contributed by atoms with Crippen LogP contribution in [0.2, 0.25) is 0 Å². The summed E-state index contributed by atoms with van der Waals surface area (Å²) in [4.78, 5) is 8.30. The summed E-state index contributed by atoms with van der Waals surface area (Å²) < 4.78 is 52.1. The van der Waals surface area contributed by atoms with Gasteiger partial charge in [-0.1, -0.05) is 6.07 Å². The summed E-state index contributed by atoms with van der Waals surface area (Å²) in [6.45, 7) is 2.34. The van der Waals surface area contributed by atoms with Gasteiger partial charge in [-0.25, -0.2) is 9.37 Å². The van der Waals surface area contributed by atoms with Gasteiger partial charge in [0.25, 0.3) is 0 Å². The van der Waals surface area contributed by atoms with E-state index in [1.165, 1.54) is 7.05 Å². The van der Waals surface area contributed by atoms with Crippen LogP contribution >= 0.6 is 11.3 Å². The third-order valence-electron chi connectivity index (χ3n) is 3.39. The molecule has 2 aromatic rings. The van der Waals surface area contributed by atoms with Gasteiger partial charge in [0.05, 0.1) is 16.3 Å². The second-order valence-corrected chi connectivity index (χ2v) is 6.32. The number of nitrogens with zero attached hydrogens (tertiary/aromatic N) is 2. The molecule has 25 heavy (non-hydrogen) atoms. The molecule has 1 heterocycles. The molecule has 0 atom stereocenters. The molecule has 1 aromatic carbocycles. The number of hydrogen-bond acceptors (Lipinski definition) is 3. The fraction of sp³-hybridized carbons (Fsp3) is 0.375.